The Labute approximate surface area is 257 Å². The van der Waals surface area contributed by atoms with Gasteiger partial charge >= 0.3 is 17.9 Å². The highest BCUT2D eigenvalue weighted by atomic mass is 19.3. The summed E-state index contributed by atoms with van der Waals surface area (Å²) >= 11 is 0. The van der Waals surface area contributed by atoms with Crippen molar-refractivity contribution >= 4 is 23.8 Å². The van der Waals surface area contributed by atoms with Gasteiger partial charge in [-0.25, -0.2) is 8.78 Å². The highest BCUT2D eigenvalue weighted by molar-refractivity contribution is 5.91. The van der Waals surface area contributed by atoms with Crippen molar-refractivity contribution in [1.82, 2.24) is 4.90 Å². The van der Waals surface area contributed by atoms with E-state index < -0.39 is 59.8 Å². The smallest absolute Gasteiger partial charge is 0.310 e. The van der Waals surface area contributed by atoms with Crippen LogP contribution in [0.4, 0.5) is 8.78 Å². The van der Waals surface area contributed by atoms with Crippen LogP contribution in [0.2, 0.25) is 0 Å². The van der Waals surface area contributed by atoms with E-state index in [0.717, 1.165) is 32.1 Å². The van der Waals surface area contributed by atoms with Crippen LogP contribution in [0, 0.1) is 65.1 Å². The molecule has 10 atom stereocenters. The number of halogens is 2. The quantitative estimate of drug-likeness (QED) is 0.286. The number of amides is 1. The summed E-state index contributed by atoms with van der Waals surface area (Å²) in [6, 6.07) is -0.438. The van der Waals surface area contributed by atoms with Gasteiger partial charge in [-0.05, 0) is 114 Å². The van der Waals surface area contributed by atoms with Gasteiger partial charge in [0, 0.05) is 18.9 Å². The molecule has 8 saturated carbocycles. The third-order valence-electron chi connectivity index (χ3n) is 13.2. The zero-order chi connectivity index (χ0) is 30.9. The van der Waals surface area contributed by atoms with Crippen LogP contribution < -0.4 is 0 Å². The number of carbonyl (C=O) groups is 4. The molecule has 8 nitrogen and oxygen atoms in total. The molecule has 0 aromatic carbocycles. The van der Waals surface area contributed by atoms with Gasteiger partial charge in [0.25, 0.3) is 5.92 Å². The van der Waals surface area contributed by atoms with Crippen LogP contribution in [0.25, 0.3) is 0 Å². The van der Waals surface area contributed by atoms with E-state index in [9.17, 15) is 28.0 Å². The van der Waals surface area contributed by atoms with E-state index in [2.05, 4.69) is 0 Å². The van der Waals surface area contributed by atoms with Crippen molar-refractivity contribution in [2.24, 2.45) is 65.1 Å². The fraction of sp³-hybridized carbons (Fsp3) is 0.882. The number of alkyl halides is 2. The zero-order valence-electron chi connectivity index (χ0n) is 25.9. The Morgan fingerprint density at radius 3 is 2.02 bits per heavy atom. The van der Waals surface area contributed by atoms with Crippen LogP contribution in [0.1, 0.15) is 85.0 Å². The molecule has 10 unspecified atom stereocenters. The summed E-state index contributed by atoms with van der Waals surface area (Å²) in [6.45, 7) is 3.58. The highest BCUT2D eigenvalue weighted by Crippen LogP contribution is 2.63. The molecule has 8 aliphatic carbocycles. The highest BCUT2D eigenvalue weighted by Gasteiger charge is 2.72. The first-order chi connectivity index (χ1) is 20.8. The zero-order valence-corrected chi connectivity index (χ0v) is 25.9. The van der Waals surface area contributed by atoms with Gasteiger partial charge in [0.15, 0.2) is 6.61 Å². The van der Waals surface area contributed by atoms with E-state index >= 15 is 0 Å². The second kappa shape index (κ2) is 9.87. The van der Waals surface area contributed by atoms with Crippen molar-refractivity contribution < 1.29 is 42.2 Å². The van der Waals surface area contributed by atoms with Crippen molar-refractivity contribution in [3.63, 3.8) is 0 Å². The number of hydrogen-bond donors (Lipinski definition) is 0. The Bertz CT molecular complexity index is 1230. The molecule has 9 rings (SSSR count). The van der Waals surface area contributed by atoms with Gasteiger partial charge in [-0.15, -0.1) is 0 Å². The van der Waals surface area contributed by atoms with Crippen LogP contribution in [-0.2, 0) is 33.4 Å². The Kier molecular flexibility index (Phi) is 6.54. The number of nitrogens with zero attached hydrogens (tertiary/aromatic N) is 1. The Hall–Kier alpha value is -2.26. The van der Waals surface area contributed by atoms with Gasteiger partial charge in [-0.3, -0.25) is 19.2 Å². The van der Waals surface area contributed by atoms with Gasteiger partial charge < -0.3 is 19.1 Å². The number of esters is 3. The summed E-state index contributed by atoms with van der Waals surface area (Å²) in [5.74, 6) is -6.19. The molecule has 242 valence electrons. The molecule has 8 bridgehead atoms. The maximum Gasteiger partial charge on any atom is 0.310 e. The fourth-order valence-electron chi connectivity index (χ4n) is 12.3. The molecule has 0 radical (unpaired) electrons. The lowest BCUT2D eigenvalue weighted by molar-refractivity contribution is -0.197. The standard InChI is InChI=1S/C34H45F2NO7/c1-15(2)37-27-21-10-22(26(25(21)29(37)38)32(41)44-34-11-16-6-17(12-34)8-18(7-16)13-34)28(27)43-31(40)24-20-5-4-19(9-20)23(24)30(39)42-14-33(3,35)36/h15-28H,4-14H2,1-3H3. The van der Waals surface area contributed by atoms with Crippen LogP contribution in [0.3, 0.4) is 0 Å². The summed E-state index contributed by atoms with van der Waals surface area (Å²) < 4.78 is 44.8. The predicted molar refractivity (Wildman–Crippen MR) is 151 cm³/mol. The second-order valence-corrected chi connectivity index (χ2v) is 16.4. The molecular formula is C34H45F2NO7. The first kappa shape index (κ1) is 29.2. The number of fused-ring (bicyclic) bond motifs is 3. The first-order valence-corrected chi connectivity index (χ1v) is 17.1. The van der Waals surface area contributed by atoms with Crippen LogP contribution in [0.5, 0.6) is 0 Å². The van der Waals surface area contributed by atoms with Gasteiger partial charge in [-0.1, -0.05) is 0 Å². The Morgan fingerprint density at radius 1 is 0.864 bits per heavy atom. The molecular weight excluding hydrogens is 572 g/mol. The predicted octanol–water partition coefficient (Wildman–Crippen LogP) is 4.77. The SMILES string of the molecule is CC(C)N1C(=O)C2C3CC(C(OC(=O)C4C5CCC(C5)C4C(=O)OCC(C)(F)F)C31)C2C(=O)OC12CC3CC(CC(C3)C1)C2. The van der Waals surface area contributed by atoms with E-state index in [4.69, 9.17) is 14.2 Å². The lowest BCUT2D eigenvalue weighted by Crippen LogP contribution is -2.54. The topological polar surface area (TPSA) is 99.2 Å². The van der Waals surface area contributed by atoms with Crippen LogP contribution in [-0.4, -0.2) is 65.0 Å². The van der Waals surface area contributed by atoms with E-state index in [1.165, 1.54) is 19.3 Å². The molecule has 9 fully saturated rings. The first-order valence-electron chi connectivity index (χ1n) is 17.1. The molecule has 9 aliphatic rings. The second-order valence-electron chi connectivity index (χ2n) is 16.4. The van der Waals surface area contributed by atoms with E-state index in [-0.39, 0.29) is 47.6 Å². The molecule has 0 aromatic rings. The van der Waals surface area contributed by atoms with E-state index in [0.29, 0.717) is 37.5 Å². The fourth-order valence-corrected chi connectivity index (χ4v) is 12.3. The van der Waals surface area contributed by atoms with Crippen molar-refractivity contribution in [3.8, 4) is 0 Å². The van der Waals surface area contributed by atoms with Crippen LogP contribution >= 0.6 is 0 Å². The summed E-state index contributed by atoms with van der Waals surface area (Å²) in [5.41, 5.74) is -0.426. The number of hydrogen-bond acceptors (Lipinski definition) is 7. The van der Waals surface area contributed by atoms with Gasteiger partial charge in [0.1, 0.15) is 11.7 Å². The molecule has 1 heterocycles. The minimum atomic E-state index is -3.15. The van der Waals surface area contributed by atoms with Gasteiger partial charge in [-0.2, -0.15) is 0 Å². The average Bonchev–Trinajstić information content (AvgIpc) is 3.72. The van der Waals surface area contributed by atoms with E-state index in [1.807, 2.05) is 18.7 Å². The number of ether oxygens (including phenoxy) is 3. The molecule has 10 heteroatoms. The average molecular weight is 618 g/mol. The minimum Gasteiger partial charge on any atom is -0.460 e. The normalized spacial score (nSPS) is 47.6. The lowest BCUT2D eigenvalue weighted by atomic mass is 9.54. The molecule has 1 amide bonds. The summed E-state index contributed by atoms with van der Waals surface area (Å²) in [6.07, 6.45) is 8.58. The molecule has 44 heavy (non-hydrogen) atoms. The molecule has 1 aliphatic heterocycles. The van der Waals surface area contributed by atoms with E-state index in [1.54, 1.807) is 0 Å². The maximum atomic E-state index is 14.2. The van der Waals surface area contributed by atoms with Gasteiger partial charge in [0.05, 0.1) is 29.7 Å². The number of rotatable bonds is 8. The minimum absolute atomic E-state index is 0.0506. The van der Waals surface area contributed by atoms with Crippen molar-refractivity contribution in [1.29, 1.82) is 0 Å². The molecule has 0 N–H and O–H groups in total. The Morgan fingerprint density at radius 2 is 1.45 bits per heavy atom. The summed E-state index contributed by atoms with van der Waals surface area (Å²) in [5, 5.41) is 0. The van der Waals surface area contributed by atoms with Crippen molar-refractivity contribution in [2.45, 2.75) is 115 Å². The largest absolute Gasteiger partial charge is 0.460 e. The maximum absolute atomic E-state index is 14.2. The number of likely N-dealkylation sites (tertiary alicyclic amines) is 1. The van der Waals surface area contributed by atoms with Crippen molar-refractivity contribution in [3.05, 3.63) is 0 Å². The lowest BCUT2D eigenvalue weighted by Gasteiger charge is -2.56. The molecule has 1 saturated heterocycles. The monoisotopic (exact) mass is 617 g/mol. The Balaban J connectivity index is 1.04. The van der Waals surface area contributed by atoms with Gasteiger partial charge in [0.2, 0.25) is 5.91 Å². The molecule has 0 spiro atoms. The molecule has 0 aromatic heterocycles. The summed E-state index contributed by atoms with van der Waals surface area (Å²) in [7, 11) is 0. The van der Waals surface area contributed by atoms with Crippen LogP contribution in [0.15, 0.2) is 0 Å². The van der Waals surface area contributed by atoms with Crippen molar-refractivity contribution in [2.75, 3.05) is 6.61 Å². The third kappa shape index (κ3) is 4.38. The number of carbonyl (C=O) groups excluding carboxylic acids is 4. The summed E-state index contributed by atoms with van der Waals surface area (Å²) in [4.78, 5) is 56.9. The third-order valence-corrected chi connectivity index (χ3v) is 13.2.